The molecule has 0 saturated heterocycles. The summed E-state index contributed by atoms with van der Waals surface area (Å²) < 4.78 is 0. The third kappa shape index (κ3) is 3.37. The van der Waals surface area contributed by atoms with Crippen LogP contribution in [0.25, 0.3) is 0 Å². The van der Waals surface area contributed by atoms with E-state index >= 15 is 0 Å². The van der Waals surface area contributed by atoms with Crippen LogP contribution in [0.4, 0.5) is 5.69 Å². The molecule has 1 N–H and O–H groups in total. The van der Waals surface area contributed by atoms with E-state index in [9.17, 15) is 5.26 Å². The van der Waals surface area contributed by atoms with Crippen molar-refractivity contribution in [2.75, 3.05) is 18.5 Å². The molecule has 0 spiro atoms. The molecule has 0 aliphatic rings. The molecular formula is C17H18N2O. The van der Waals surface area contributed by atoms with Gasteiger partial charge in [0, 0.05) is 13.6 Å². The van der Waals surface area contributed by atoms with Crippen molar-refractivity contribution in [1.29, 1.82) is 5.26 Å². The number of benzene rings is 2. The van der Waals surface area contributed by atoms with Crippen molar-refractivity contribution in [3.8, 4) is 6.07 Å². The zero-order valence-electron chi connectivity index (χ0n) is 11.6. The Morgan fingerprint density at radius 3 is 2.50 bits per heavy atom. The van der Waals surface area contributed by atoms with E-state index in [-0.39, 0.29) is 6.61 Å². The molecule has 0 aliphatic heterocycles. The van der Waals surface area contributed by atoms with Crippen molar-refractivity contribution < 1.29 is 5.11 Å². The van der Waals surface area contributed by atoms with Gasteiger partial charge in [0.05, 0.1) is 17.9 Å². The lowest BCUT2D eigenvalue weighted by atomic mass is 10.1. The molecule has 2 rings (SSSR count). The third-order valence-electron chi connectivity index (χ3n) is 3.35. The summed E-state index contributed by atoms with van der Waals surface area (Å²) in [4.78, 5) is 2.08. The Kier molecular flexibility index (Phi) is 4.75. The summed E-state index contributed by atoms with van der Waals surface area (Å²) in [7, 11) is 1.98. The van der Waals surface area contributed by atoms with Gasteiger partial charge in [-0.05, 0) is 29.7 Å². The first-order valence-electron chi connectivity index (χ1n) is 6.63. The van der Waals surface area contributed by atoms with Crippen molar-refractivity contribution in [2.45, 2.75) is 13.0 Å². The normalized spacial score (nSPS) is 10.1. The number of aliphatic hydroxyl groups excluding tert-OH is 1. The van der Waals surface area contributed by atoms with Gasteiger partial charge in [0.2, 0.25) is 0 Å². The molecule has 0 saturated carbocycles. The lowest BCUT2D eigenvalue weighted by molar-refractivity contribution is 0.282. The van der Waals surface area contributed by atoms with Crippen molar-refractivity contribution in [3.05, 3.63) is 65.2 Å². The highest BCUT2D eigenvalue weighted by Gasteiger charge is 2.08. The average Bonchev–Trinajstić information content (AvgIpc) is 2.52. The van der Waals surface area contributed by atoms with E-state index in [2.05, 4.69) is 23.1 Å². The van der Waals surface area contributed by atoms with Crippen LogP contribution in [0.2, 0.25) is 0 Å². The molecule has 3 nitrogen and oxygen atoms in total. The maximum atomic E-state index is 9.21. The van der Waals surface area contributed by atoms with Crippen LogP contribution >= 0.6 is 0 Å². The van der Waals surface area contributed by atoms with E-state index in [0.29, 0.717) is 5.56 Å². The number of hydrogen-bond acceptors (Lipinski definition) is 3. The summed E-state index contributed by atoms with van der Waals surface area (Å²) in [6.07, 6.45) is 0.934. The molecule has 0 heterocycles. The lowest BCUT2D eigenvalue weighted by Gasteiger charge is -2.21. The van der Waals surface area contributed by atoms with Crippen molar-refractivity contribution >= 4 is 5.69 Å². The minimum Gasteiger partial charge on any atom is -0.392 e. The first-order chi connectivity index (χ1) is 9.74. The number of anilines is 1. The minimum atomic E-state index is -0.0390. The summed E-state index contributed by atoms with van der Waals surface area (Å²) >= 11 is 0. The van der Waals surface area contributed by atoms with E-state index in [1.807, 2.05) is 37.4 Å². The number of likely N-dealkylation sites (N-methyl/N-ethyl adjacent to an activating group) is 1. The molecule has 0 aromatic heterocycles. The van der Waals surface area contributed by atoms with Crippen molar-refractivity contribution in [1.82, 2.24) is 0 Å². The van der Waals surface area contributed by atoms with Crippen LogP contribution in [0.1, 0.15) is 16.7 Å². The Bertz CT molecular complexity index is 602. The van der Waals surface area contributed by atoms with Gasteiger partial charge in [-0.3, -0.25) is 0 Å². The summed E-state index contributed by atoms with van der Waals surface area (Å²) in [6, 6.07) is 18.0. The molecule has 0 fully saturated rings. The fraction of sp³-hybridized carbons (Fsp3) is 0.235. The van der Waals surface area contributed by atoms with Crippen LogP contribution in [0, 0.1) is 11.3 Å². The van der Waals surface area contributed by atoms with Crippen LogP contribution in [0.3, 0.4) is 0 Å². The fourth-order valence-electron chi connectivity index (χ4n) is 2.17. The fourth-order valence-corrected chi connectivity index (χ4v) is 2.17. The maximum Gasteiger partial charge on any atom is 0.101 e. The van der Waals surface area contributed by atoms with E-state index in [0.717, 1.165) is 24.2 Å². The van der Waals surface area contributed by atoms with Gasteiger partial charge in [0.1, 0.15) is 6.07 Å². The zero-order chi connectivity index (χ0) is 14.4. The van der Waals surface area contributed by atoms with Gasteiger partial charge < -0.3 is 10.0 Å². The van der Waals surface area contributed by atoms with Crippen LogP contribution < -0.4 is 4.90 Å². The molecule has 0 atom stereocenters. The van der Waals surface area contributed by atoms with E-state index in [1.165, 1.54) is 5.56 Å². The van der Waals surface area contributed by atoms with E-state index in [4.69, 9.17) is 5.11 Å². The van der Waals surface area contributed by atoms with E-state index < -0.39 is 0 Å². The van der Waals surface area contributed by atoms with Crippen LogP contribution in [0.15, 0.2) is 48.5 Å². The Balaban J connectivity index is 2.09. The van der Waals surface area contributed by atoms with Gasteiger partial charge >= 0.3 is 0 Å². The third-order valence-corrected chi connectivity index (χ3v) is 3.35. The Labute approximate surface area is 119 Å². The minimum absolute atomic E-state index is 0.0390. The number of nitrogens with zero attached hydrogens (tertiary/aromatic N) is 2. The molecule has 20 heavy (non-hydrogen) atoms. The smallest absolute Gasteiger partial charge is 0.101 e. The van der Waals surface area contributed by atoms with Gasteiger partial charge in [-0.1, -0.05) is 36.4 Å². The largest absolute Gasteiger partial charge is 0.392 e. The van der Waals surface area contributed by atoms with Gasteiger partial charge in [0.15, 0.2) is 0 Å². The average molecular weight is 266 g/mol. The zero-order valence-corrected chi connectivity index (χ0v) is 11.6. The molecule has 102 valence electrons. The Morgan fingerprint density at radius 2 is 1.85 bits per heavy atom. The molecule has 2 aromatic carbocycles. The van der Waals surface area contributed by atoms with Crippen LogP contribution in [-0.4, -0.2) is 18.7 Å². The number of nitriles is 1. The van der Waals surface area contributed by atoms with Crippen LogP contribution in [-0.2, 0) is 13.0 Å². The Morgan fingerprint density at radius 1 is 1.10 bits per heavy atom. The monoisotopic (exact) mass is 266 g/mol. The van der Waals surface area contributed by atoms with Crippen LogP contribution in [0.5, 0.6) is 0 Å². The summed E-state index contributed by atoms with van der Waals surface area (Å²) in [6.45, 7) is 0.805. The molecule has 0 amide bonds. The first-order valence-corrected chi connectivity index (χ1v) is 6.63. The summed E-state index contributed by atoms with van der Waals surface area (Å²) in [5.74, 6) is 0. The number of aliphatic hydroxyl groups is 1. The van der Waals surface area contributed by atoms with Gasteiger partial charge in [-0.2, -0.15) is 5.26 Å². The molecule has 2 aromatic rings. The highest BCUT2D eigenvalue weighted by molar-refractivity contribution is 5.60. The van der Waals surface area contributed by atoms with Gasteiger partial charge in [-0.15, -0.1) is 0 Å². The molecule has 0 unspecified atom stereocenters. The van der Waals surface area contributed by atoms with Crippen molar-refractivity contribution in [3.63, 3.8) is 0 Å². The Hall–Kier alpha value is -2.31. The number of hydrogen-bond donors (Lipinski definition) is 1. The standard InChI is InChI=1S/C17H18N2O/c1-19(10-9-14-5-3-2-4-6-14)17-8-7-15(13-20)11-16(17)12-18/h2-8,11,20H,9-10,13H2,1H3. The molecular weight excluding hydrogens is 248 g/mol. The predicted octanol–water partition coefficient (Wildman–Crippen LogP) is 2.73. The summed E-state index contributed by atoms with van der Waals surface area (Å²) in [5.41, 5.74) is 3.55. The molecule has 0 bridgehead atoms. The quantitative estimate of drug-likeness (QED) is 0.905. The van der Waals surface area contributed by atoms with E-state index in [1.54, 1.807) is 6.07 Å². The second-order valence-electron chi connectivity index (χ2n) is 4.78. The van der Waals surface area contributed by atoms with Crippen molar-refractivity contribution in [2.24, 2.45) is 0 Å². The highest BCUT2D eigenvalue weighted by Crippen LogP contribution is 2.20. The lowest BCUT2D eigenvalue weighted by Crippen LogP contribution is -2.21. The highest BCUT2D eigenvalue weighted by atomic mass is 16.3. The maximum absolute atomic E-state index is 9.21. The SMILES string of the molecule is CN(CCc1ccccc1)c1ccc(CO)cc1C#N. The van der Waals surface area contributed by atoms with Gasteiger partial charge in [-0.25, -0.2) is 0 Å². The number of rotatable bonds is 5. The van der Waals surface area contributed by atoms with Gasteiger partial charge in [0.25, 0.3) is 0 Å². The topological polar surface area (TPSA) is 47.3 Å². The first kappa shape index (κ1) is 14.1. The predicted molar refractivity (Wildman–Crippen MR) is 80.5 cm³/mol. The second kappa shape index (κ2) is 6.74. The molecule has 0 aliphatic carbocycles. The molecule has 0 radical (unpaired) electrons. The summed E-state index contributed by atoms with van der Waals surface area (Å²) in [5, 5.41) is 18.3. The second-order valence-corrected chi connectivity index (χ2v) is 4.78. The molecule has 3 heteroatoms.